The maximum absolute atomic E-state index is 12.5. The molecule has 1 aliphatic heterocycles. The second-order valence-electron chi connectivity index (χ2n) is 7.36. The number of carbonyl (C=O) groups excluding carboxylic acids is 3. The molecule has 0 bridgehead atoms. The van der Waals surface area contributed by atoms with Crippen LogP contribution in [0.3, 0.4) is 0 Å². The van der Waals surface area contributed by atoms with Crippen LogP contribution < -0.4 is 5.32 Å². The van der Waals surface area contributed by atoms with Crippen LogP contribution in [0.5, 0.6) is 0 Å². The molecule has 0 atom stereocenters. The van der Waals surface area contributed by atoms with Crippen LogP contribution in [-0.4, -0.2) is 78.2 Å². The molecule has 0 aliphatic carbocycles. The molecule has 0 spiro atoms. The van der Waals surface area contributed by atoms with Crippen LogP contribution in [0.25, 0.3) is 0 Å². The molecule has 1 heterocycles. The van der Waals surface area contributed by atoms with Crippen molar-refractivity contribution in [3.8, 4) is 0 Å². The van der Waals surface area contributed by atoms with Gasteiger partial charge >= 0.3 is 0 Å². The van der Waals surface area contributed by atoms with Gasteiger partial charge in [-0.2, -0.15) is 0 Å². The summed E-state index contributed by atoms with van der Waals surface area (Å²) in [6.07, 6.45) is 0. The van der Waals surface area contributed by atoms with Crippen molar-refractivity contribution >= 4 is 23.4 Å². The molecule has 1 aromatic rings. The lowest BCUT2D eigenvalue weighted by Crippen LogP contribution is -2.51. The topological polar surface area (TPSA) is 73.0 Å². The van der Waals surface area contributed by atoms with Gasteiger partial charge in [0.2, 0.25) is 11.8 Å². The summed E-state index contributed by atoms with van der Waals surface area (Å²) < 4.78 is 0. The first kappa shape index (κ1) is 21.9. The minimum absolute atomic E-state index is 0.00109. The number of amides is 3. The Balaban J connectivity index is 1.88. The van der Waals surface area contributed by atoms with E-state index < -0.39 is 0 Å². The summed E-state index contributed by atoms with van der Waals surface area (Å²) in [5.41, 5.74) is 1.19. The van der Waals surface area contributed by atoms with Crippen molar-refractivity contribution in [1.82, 2.24) is 14.7 Å². The Kier molecular flexibility index (Phi) is 7.99. The Morgan fingerprint density at radius 2 is 1.71 bits per heavy atom. The van der Waals surface area contributed by atoms with E-state index in [0.717, 1.165) is 0 Å². The molecule has 2 rings (SSSR count). The number of anilines is 1. The number of piperazine rings is 1. The number of nitrogens with zero attached hydrogens (tertiary/aromatic N) is 3. The van der Waals surface area contributed by atoms with E-state index in [9.17, 15) is 14.4 Å². The van der Waals surface area contributed by atoms with E-state index in [0.29, 0.717) is 50.5 Å². The van der Waals surface area contributed by atoms with Crippen molar-refractivity contribution in [1.29, 1.82) is 0 Å². The highest BCUT2D eigenvalue weighted by Crippen LogP contribution is 2.13. The molecular formula is C21H32N4O3. The Bertz CT molecular complexity index is 693. The predicted molar refractivity (Wildman–Crippen MR) is 110 cm³/mol. The lowest BCUT2D eigenvalue weighted by atomic mass is 10.1. The second kappa shape index (κ2) is 10.2. The van der Waals surface area contributed by atoms with E-state index in [2.05, 4.69) is 5.32 Å². The first-order valence-electron chi connectivity index (χ1n) is 10.1. The van der Waals surface area contributed by atoms with Crippen LogP contribution in [0.4, 0.5) is 5.69 Å². The van der Waals surface area contributed by atoms with Gasteiger partial charge in [0.05, 0.1) is 6.54 Å². The molecule has 3 amide bonds. The molecule has 1 aromatic carbocycles. The first-order chi connectivity index (χ1) is 13.3. The number of hydrogen-bond acceptors (Lipinski definition) is 4. The predicted octanol–water partition coefficient (Wildman–Crippen LogP) is 1.91. The molecule has 1 aliphatic rings. The fraction of sp³-hybridized carbons (Fsp3) is 0.571. The minimum atomic E-state index is -0.115. The number of hydrogen-bond donors (Lipinski definition) is 1. The van der Waals surface area contributed by atoms with Crippen molar-refractivity contribution in [3.05, 3.63) is 29.8 Å². The third-order valence-corrected chi connectivity index (χ3v) is 4.99. The average Bonchev–Trinajstić information content (AvgIpc) is 2.69. The zero-order valence-electron chi connectivity index (χ0n) is 17.4. The SMILES string of the molecule is CCN(CC)C(=O)c1cccc(NC(=O)CN2CCN(C(=O)C(C)C)CC2)c1. The van der Waals surface area contributed by atoms with Crippen molar-refractivity contribution in [2.75, 3.05) is 51.1 Å². The van der Waals surface area contributed by atoms with E-state index in [-0.39, 0.29) is 30.2 Å². The second-order valence-corrected chi connectivity index (χ2v) is 7.36. The van der Waals surface area contributed by atoms with E-state index >= 15 is 0 Å². The molecule has 0 radical (unpaired) electrons. The van der Waals surface area contributed by atoms with Crippen LogP contribution >= 0.6 is 0 Å². The maximum Gasteiger partial charge on any atom is 0.253 e. The molecule has 28 heavy (non-hydrogen) atoms. The van der Waals surface area contributed by atoms with Gasteiger partial charge in [-0.15, -0.1) is 0 Å². The summed E-state index contributed by atoms with van der Waals surface area (Å²) in [5.74, 6) is 0.0167. The minimum Gasteiger partial charge on any atom is -0.340 e. The average molecular weight is 389 g/mol. The zero-order chi connectivity index (χ0) is 20.7. The van der Waals surface area contributed by atoms with Gasteiger partial charge in [-0.1, -0.05) is 19.9 Å². The summed E-state index contributed by atoms with van der Waals surface area (Å²) in [7, 11) is 0. The zero-order valence-corrected chi connectivity index (χ0v) is 17.4. The van der Waals surface area contributed by atoms with Crippen molar-refractivity contribution < 1.29 is 14.4 Å². The molecule has 154 valence electrons. The number of nitrogens with one attached hydrogen (secondary N) is 1. The molecule has 1 fully saturated rings. The highest BCUT2D eigenvalue weighted by Gasteiger charge is 2.24. The Labute approximate surface area is 167 Å². The van der Waals surface area contributed by atoms with Gasteiger partial charge in [-0.25, -0.2) is 0 Å². The fourth-order valence-electron chi connectivity index (χ4n) is 3.32. The summed E-state index contributed by atoms with van der Waals surface area (Å²) in [6, 6.07) is 7.05. The highest BCUT2D eigenvalue weighted by molar-refractivity contribution is 5.97. The van der Waals surface area contributed by atoms with Gasteiger partial charge in [-0.3, -0.25) is 19.3 Å². The monoisotopic (exact) mass is 388 g/mol. The van der Waals surface area contributed by atoms with Crippen LogP contribution in [0, 0.1) is 5.92 Å². The third-order valence-electron chi connectivity index (χ3n) is 4.99. The summed E-state index contributed by atoms with van der Waals surface area (Å²) in [4.78, 5) is 42.6. The van der Waals surface area contributed by atoms with E-state index in [1.165, 1.54) is 0 Å². The van der Waals surface area contributed by atoms with E-state index in [1.54, 1.807) is 29.2 Å². The van der Waals surface area contributed by atoms with Gasteiger partial charge in [0.25, 0.3) is 5.91 Å². The van der Waals surface area contributed by atoms with Gasteiger partial charge < -0.3 is 15.1 Å². The Morgan fingerprint density at radius 1 is 1.07 bits per heavy atom. The number of carbonyl (C=O) groups is 3. The molecule has 0 aromatic heterocycles. The van der Waals surface area contributed by atoms with Crippen LogP contribution in [0.2, 0.25) is 0 Å². The highest BCUT2D eigenvalue weighted by atomic mass is 16.2. The lowest BCUT2D eigenvalue weighted by Gasteiger charge is -2.35. The van der Waals surface area contributed by atoms with Crippen molar-refractivity contribution in [3.63, 3.8) is 0 Å². The number of benzene rings is 1. The molecule has 0 unspecified atom stereocenters. The quantitative estimate of drug-likeness (QED) is 0.774. The smallest absolute Gasteiger partial charge is 0.253 e. The Morgan fingerprint density at radius 3 is 2.29 bits per heavy atom. The molecule has 1 N–H and O–H groups in total. The van der Waals surface area contributed by atoms with Gasteiger partial charge in [0.15, 0.2) is 0 Å². The fourth-order valence-corrected chi connectivity index (χ4v) is 3.32. The molecule has 0 saturated carbocycles. The van der Waals surface area contributed by atoms with E-state index in [1.807, 2.05) is 37.5 Å². The Hall–Kier alpha value is -2.41. The summed E-state index contributed by atoms with van der Waals surface area (Å²) >= 11 is 0. The molecule has 7 nitrogen and oxygen atoms in total. The lowest BCUT2D eigenvalue weighted by molar-refractivity contribution is -0.136. The normalized spacial score (nSPS) is 14.8. The maximum atomic E-state index is 12.5. The van der Waals surface area contributed by atoms with Gasteiger partial charge in [0, 0.05) is 56.4 Å². The molecular weight excluding hydrogens is 356 g/mol. The van der Waals surface area contributed by atoms with Crippen LogP contribution in [0.15, 0.2) is 24.3 Å². The third kappa shape index (κ3) is 5.79. The van der Waals surface area contributed by atoms with Crippen molar-refractivity contribution in [2.24, 2.45) is 5.92 Å². The largest absolute Gasteiger partial charge is 0.340 e. The van der Waals surface area contributed by atoms with Gasteiger partial charge in [0.1, 0.15) is 0 Å². The molecule has 1 saturated heterocycles. The van der Waals surface area contributed by atoms with Gasteiger partial charge in [-0.05, 0) is 32.0 Å². The summed E-state index contributed by atoms with van der Waals surface area (Å²) in [5, 5.41) is 2.88. The van der Waals surface area contributed by atoms with Crippen LogP contribution in [0.1, 0.15) is 38.1 Å². The van der Waals surface area contributed by atoms with Crippen LogP contribution in [-0.2, 0) is 9.59 Å². The molecule has 7 heteroatoms. The van der Waals surface area contributed by atoms with Crippen molar-refractivity contribution in [2.45, 2.75) is 27.7 Å². The van der Waals surface area contributed by atoms with E-state index in [4.69, 9.17) is 0 Å². The standard InChI is InChI=1S/C21H32N4O3/c1-5-24(6-2)21(28)17-8-7-9-18(14-17)22-19(26)15-23-10-12-25(13-11-23)20(27)16(3)4/h7-9,14,16H,5-6,10-13,15H2,1-4H3,(H,22,26). The number of rotatable bonds is 7. The summed E-state index contributed by atoms with van der Waals surface area (Å²) in [6.45, 7) is 12.0. The first-order valence-corrected chi connectivity index (χ1v) is 10.1.